The Kier molecular flexibility index (Phi) is 6.50. The molecular formula is C9H15N9O. The van der Waals surface area contributed by atoms with Crippen LogP contribution in [0.2, 0.25) is 0 Å². The maximum atomic E-state index is 8.70. The van der Waals surface area contributed by atoms with Gasteiger partial charge >= 0.3 is 0 Å². The first-order chi connectivity index (χ1) is 9.31. The minimum Gasteiger partial charge on any atom is -0.376 e. The first kappa shape index (κ1) is 14.5. The van der Waals surface area contributed by atoms with Crippen molar-refractivity contribution in [1.82, 2.24) is 26.2 Å². The van der Waals surface area contributed by atoms with Gasteiger partial charge in [0.1, 0.15) is 6.73 Å². The SMILES string of the molecule is N#C/N=C(/NCO)NCCN1CNCN/C1=N\C#N. The lowest BCUT2D eigenvalue weighted by Gasteiger charge is -2.31. The molecule has 10 nitrogen and oxygen atoms in total. The summed E-state index contributed by atoms with van der Waals surface area (Å²) in [7, 11) is 0. The Bertz CT molecular complexity index is 418. The summed E-state index contributed by atoms with van der Waals surface area (Å²) in [5, 5.41) is 37.0. The van der Waals surface area contributed by atoms with Crippen molar-refractivity contribution >= 4 is 11.9 Å². The zero-order valence-electron chi connectivity index (χ0n) is 10.2. The van der Waals surface area contributed by atoms with Crippen LogP contribution in [0, 0.1) is 22.9 Å². The van der Waals surface area contributed by atoms with Gasteiger partial charge in [-0.1, -0.05) is 0 Å². The lowest BCUT2D eigenvalue weighted by molar-refractivity contribution is 0.284. The minimum atomic E-state index is -0.318. The van der Waals surface area contributed by atoms with Crippen LogP contribution in [-0.2, 0) is 0 Å². The predicted octanol–water partition coefficient (Wildman–Crippen LogP) is -2.80. The Morgan fingerprint density at radius 2 is 2.26 bits per heavy atom. The monoisotopic (exact) mass is 265 g/mol. The normalized spacial score (nSPS) is 17.3. The summed E-state index contributed by atoms with van der Waals surface area (Å²) in [4.78, 5) is 8.95. The molecule has 0 atom stereocenters. The van der Waals surface area contributed by atoms with E-state index in [2.05, 4.69) is 31.3 Å². The number of aliphatic hydroxyl groups excluding tert-OH is 1. The Morgan fingerprint density at radius 3 is 2.95 bits per heavy atom. The van der Waals surface area contributed by atoms with Crippen LogP contribution in [0.25, 0.3) is 0 Å². The summed E-state index contributed by atoms with van der Waals surface area (Å²) >= 11 is 0. The van der Waals surface area contributed by atoms with Gasteiger partial charge in [-0.2, -0.15) is 10.5 Å². The Hall–Kier alpha value is -2.56. The Morgan fingerprint density at radius 1 is 1.42 bits per heavy atom. The van der Waals surface area contributed by atoms with E-state index in [4.69, 9.17) is 15.6 Å². The molecule has 1 fully saturated rings. The Labute approximate surface area is 110 Å². The number of aliphatic imine (C=N–C) groups is 2. The molecule has 0 radical (unpaired) electrons. The summed E-state index contributed by atoms with van der Waals surface area (Å²) in [5.74, 6) is 0.693. The summed E-state index contributed by atoms with van der Waals surface area (Å²) in [6.07, 6.45) is 3.35. The smallest absolute Gasteiger partial charge is 0.212 e. The van der Waals surface area contributed by atoms with Crippen molar-refractivity contribution in [3.8, 4) is 12.4 Å². The molecule has 0 aromatic carbocycles. The third kappa shape index (κ3) is 5.08. The van der Waals surface area contributed by atoms with Crippen molar-refractivity contribution in [3.63, 3.8) is 0 Å². The van der Waals surface area contributed by atoms with E-state index in [1.54, 1.807) is 12.4 Å². The van der Waals surface area contributed by atoms with Crippen molar-refractivity contribution in [1.29, 1.82) is 10.5 Å². The van der Waals surface area contributed by atoms with Crippen LogP contribution in [0.4, 0.5) is 0 Å². The quantitative estimate of drug-likeness (QED) is 0.159. The number of rotatable bonds is 4. The predicted molar refractivity (Wildman–Crippen MR) is 67.0 cm³/mol. The van der Waals surface area contributed by atoms with Gasteiger partial charge in [0, 0.05) is 13.1 Å². The molecule has 10 heteroatoms. The molecule has 5 N–H and O–H groups in total. The van der Waals surface area contributed by atoms with Crippen LogP contribution in [0.1, 0.15) is 0 Å². The van der Waals surface area contributed by atoms with Gasteiger partial charge in [0.2, 0.25) is 24.3 Å². The summed E-state index contributed by atoms with van der Waals surface area (Å²) in [6.45, 7) is 1.80. The van der Waals surface area contributed by atoms with Crippen LogP contribution in [0.15, 0.2) is 9.98 Å². The van der Waals surface area contributed by atoms with Gasteiger partial charge < -0.3 is 26.0 Å². The Balaban J connectivity index is 2.43. The fourth-order valence-electron chi connectivity index (χ4n) is 1.44. The van der Waals surface area contributed by atoms with Crippen LogP contribution < -0.4 is 21.3 Å². The molecule has 0 aromatic rings. The second-order valence-corrected chi connectivity index (χ2v) is 3.38. The standard InChI is InChI=1S/C9H15N9O/c10-3-14-8(17-7-19)13-1-2-18-6-12-5-16-9(18)15-4-11/h12,19H,1-2,5-7H2,(H,15,16)(H2,13,14,17). The van der Waals surface area contributed by atoms with Crippen LogP contribution in [0.3, 0.4) is 0 Å². The van der Waals surface area contributed by atoms with Crippen LogP contribution in [-0.4, -0.2) is 55.1 Å². The molecule has 0 aromatic heterocycles. The molecule has 1 aliphatic heterocycles. The third-order valence-corrected chi connectivity index (χ3v) is 2.21. The van der Waals surface area contributed by atoms with Crippen LogP contribution >= 0.6 is 0 Å². The highest BCUT2D eigenvalue weighted by Crippen LogP contribution is 1.91. The van der Waals surface area contributed by atoms with E-state index in [0.29, 0.717) is 32.4 Å². The number of guanidine groups is 2. The lowest BCUT2D eigenvalue weighted by Crippen LogP contribution is -2.56. The van der Waals surface area contributed by atoms with Gasteiger partial charge in [0.05, 0.1) is 13.3 Å². The maximum absolute atomic E-state index is 8.70. The number of hydrogen-bond acceptors (Lipinski definition) is 6. The van der Waals surface area contributed by atoms with Crippen molar-refractivity contribution in [2.24, 2.45) is 9.98 Å². The number of nitriles is 2. The molecule has 0 amide bonds. The maximum Gasteiger partial charge on any atom is 0.212 e. The second kappa shape index (κ2) is 8.52. The van der Waals surface area contributed by atoms with Gasteiger partial charge in [0.25, 0.3) is 0 Å². The number of aliphatic hydroxyl groups is 1. The molecule has 0 saturated carbocycles. The van der Waals surface area contributed by atoms with Crippen molar-refractivity contribution in [2.45, 2.75) is 0 Å². The summed E-state index contributed by atoms with van der Waals surface area (Å²) in [6, 6.07) is 0. The largest absolute Gasteiger partial charge is 0.376 e. The molecule has 0 bridgehead atoms. The lowest BCUT2D eigenvalue weighted by atomic mass is 10.5. The highest BCUT2D eigenvalue weighted by molar-refractivity contribution is 5.82. The highest BCUT2D eigenvalue weighted by atomic mass is 16.3. The molecule has 1 saturated heterocycles. The summed E-state index contributed by atoms with van der Waals surface area (Å²) in [5.41, 5.74) is 0. The first-order valence-corrected chi connectivity index (χ1v) is 5.53. The zero-order chi connectivity index (χ0) is 13.9. The van der Waals surface area contributed by atoms with E-state index >= 15 is 0 Å². The molecule has 0 unspecified atom stereocenters. The van der Waals surface area contributed by atoms with E-state index in [-0.39, 0.29) is 12.7 Å². The molecule has 1 aliphatic rings. The van der Waals surface area contributed by atoms with E-state index in [9.17, 15) is 0 Å². The molecule has 19 heavy (non-hydrogen) atoms. The molecular weight excluding hydrogens is 250 g/mol. The molecule has 102 valence electrons. The van der Waals surface area contributed by atoms with E-state index in [1.165, 1.54) is 0 Å². The van der Waals surface area contributed by atoms with Gasteiger partial charge in [-0.3, -0.25) is 5.32 Å². The highest BCUT2D eigenvalue weighted by Gasteiger charge is 2.14. The average Bonchev–Trinajstić information content (AvgIpc) is 2.41. The van der Waals surface area contributed by atoms with Gasteiger partial charge in [-0.25, -0.2) is 0 Å². The second-order valence-electron chi connectivity index (χ2n) is 3.38. The van der Waals surface area contributed by atoms with Gasteiger partial charge in [-0.15, -0.1) is 9.98 Å². The number of hydrogen-bond donors (Lipinski definition) is 5. The number of nitrogens with zero attached hydrogens (tertiary/aromatic N) is 5. The molecule has 1 heterocycles. The average molecular weight is 265 g/mol. The van der Waals surface area contributed by atoms with Crippen molar-refractivity contribution in [3.05, 3.63) is 0 Å². The topological polar surface area (TPSA) is 144 Å². The van der Waals surface area contributed by atoms with Gasteiger partial charge in [-0.05, 0) is 0 Å². The zero-order valence-corrected chi connectivity index (χ0v) is 10.2. The van der Waals surface area contributed by atoms with Crippen LogP contribution in [0.5, 0.6) is 0 Å². The van der Waals surface area contributed by atoms with E-state index in [1.807, 2.05) is 4.90 Å². The fourth-order valence-corrected chi connectivity index (χ4v) is 1.44. The molecule has 1 rings (SSSR count). The molecule has 0 spiro atoms. The molecule has 0 aliphatic carbocycles. The number of nitrogens with one attached hydrogen (secondary N) is 4. The van der Waals surface area contributed by atoms with Crippen molar-refractivity contribution < 1.29 is 5.11 Å². The van der Waals surface area contributed by atoms with E-state index < -0.39 is 0 Å². The third-order valence-electron chi connectivity index (χ3n) is 2.21. The summed E-state index contributed by atoms with van der Waals surface area (Å²) < 4.78 is 0. The van der Waals surface area contributed by atoms with Crippen molar-refractivity contribution in [2.75, 3.05) is 33.2 Å². The van der Waals surface area contributed by atoms with Gasteiger partial charge in [0.15, 0.2) is 0 Å². The minimum absolute atomic E-state index is 0.196. The van der Waals surface area contributed by atoms with E-state index in [0.717, 1.165) is 0 Å². The first-order valence-electron chi connectivity index (χ1n) is 5.53. The fraction of sp³-hybridized carbons (Fsp3) is 0.556.